The number of unbranched alkanes of at least 4 members (excludes halogenated alkanes) is 1. The summed E-state index contributed by atoms with van der Waals surface area (Å²) in [4.78, 5) is 29.2. The summed E-state index contributed by atoms with van der Waals surface area (Å²) in [6, 6.07) is 2.14. The van der Waals surface area contributed by atoms with Gasteiger partial charge >= 0.3 is 0 Å². The molecule has 2 amide bonds. The standard InChI is InChI=1S/C18H29N3O2/c19-10-4-3-9-16(18(23)21-13-7-2-8-14-21)15-17(22)20-11-5-1-6-12-20/h16H,1-9,11-15H2. The topological polar surface area (TPSA) is 64.4 Å². The molecule has 0 bridgehead atoms. The molecule has 1 atom stereocenters. The Balaban J connectivity index is 1.93. The van der Waals surface area contributed by atoms with Crippen LogP contribution in [-0.4, -0.2) is 47.8 Å². The lowest BCUT2D eigenvalue weighted by molar-refractivity contribution is -0.142. The number of likely N-dealkylation sites (tertiary alicyclic amines) is 2. The van der Waals surface area contributed by atoms with Crippen LogP contribution in [0.2, 0.25) is 0 Å². The second kappa shape index (κ2) is 9.54. The molecule has 2 aliphatic heterocycles. The maximum atomic E-state index is 12.8. The van der Waals surface area contributed by atoms with Crippen molar-refractivity contribution < 1.29 is 9.59 Å². The second-order valence-corrected chi connectivity index (χ2v) is 6.78. The van der Waals surface area contributed by atoms with Crippen LogP contribution in [-0.2, 0) is 9.59 Å². The van der Waals surface area contributed by atoms with Gasteiger partial charge in [0.05, 0.1) is 6.07 Å². The van der Waals surface area contributed by atoms with Crippen LogP contribution in [0.4, 0.5) is 0 Å². The van der Waals surface area contributed by atoms with Crippen molar-refractivity contribution in [3.05, 3.63) is 0 Å². The van der Waals surface area contributed by atoms with Gasteiger partial charge in [-0.2, -0.15) is 5.26 Å². The van der Waals surface area contributed by atoms with Crippen LogP contribution in [0, 0.1) is 17.2 Å². The highest BCUT2D eigenvalue weighted by Gasteiger charge is 2.29. The third-order valence-corrected chi connectivity index (χ3v) is 4.99. The van der Waals surface area contributed by atoms with Crippen LogP contribution in [0.25, 0.3) is 0 Å². The maximum absolute atomic E-state index is 12.8. The zero-order chi connectivity index (χ0) is 16.5. The molecular weight excluding hydrogens is 290 g/mol. The van der Waals surface area contributed by atoms with E-state index in [4.69, 9.17) is 5.26 Å². The van der Waals surface area contributed by atoms with Crippen LogP contribution in [0.5, 0.6) is 0 Å². The largest absolute Gasteiger partial charge is 0.343 e. The zero-order valence-corrected chi connectivity index (χ0v) is 14.1. The van der Waals surface area contributed by atoms with Gasteiger partial charge in [-0.25, -0.2) is 0 Å². The first-order chi connectivity index (χ1) is 11.2. The predicted octanol–water partition coefficient (Wildman–Crippen LogP) is 2.71. The van der Waals surface area contributed by atoms with E-state index in [2.05, 4.69) is 6.07 Å². The molecule has 0 aromatic rings. The summed E-state index contributed by atoms with van der Waals surface area (Å²) >= 11 is 0. The Morgan fingerprint density at radius 2 is 1.48 bits per heavy atom. The average Bonchev–Trinajstić information content (AvgIpc) is 2.62. The number of piperidine rings is 2. The van der Waals surface area contributed by atoms with E-state index in [0.29, 0.717) is 25.7 Å². The average molecular weight is 319 g/mol. The van der Waals surface area contributed by atoms with E-state index in [-0.39, 0.29) is 17.7 Å². The Hall–Kier alpha value is -1.57. The monoisotopic (exact) mass is 319 g/mol. The number of amides is 2. The van der Waals surface area contributed by atoms with Crippen molar-refractivity contribution in [3.8, 4) is 6.07 Å². The number of carbonyl (C=O) groups is 2. The van der Waals surface area contributed by atoms with Crippen molar-refractivity contribution in [1.82, 2.24) is 9.80 Å². The van der Waals surface area contributed by atoms with E-state index < -0.39 is 0 Å². The van der Waals surface area contributed by atoms with Crippen molar-refractivity contribution in [2.75, 3.05) is 26.2 Å². The van der Waals surface area contributed by atoms with Crippen LogP contribution in [0.3, 0.4) is 0 Å². The SMILES string of the molecule is N#CCCCC(CC(=O)N1CCCCC1)C(=O)N1CCCCC1. The third-order valence-electron chi connectivity index (χ3n) is 4.99. The molecule has 0 radical (unpaired) electrons. The van der Waals surface area contributed by atoms with E-state index in [1.54, 1.807) is 0 Å². The molecule has 0 N–H and O–H groups in total. The Bertz CT molecular complexity index is 432. The lowest BCUT2D eigenvalue weighted by Crippen LogP contribution is -2.43. The molecule has 5 nitrogen and oxygen atoms in total. The molecule has 2 rings (SSSR count). The Morgan fingerprint density at radius 3 is 2.04 bits per heavy atom. The van der Waals surface area contributed by atoms with Gasteiger partial charge < -0.3 is 9.80 Å². The molecule has 128 valence electrons. The predicted molar refractivity (Wildman–Crippen MR) is 88.4 cm³/mol. The van der Waals surface area contributed by atoms with E-state index in [9.17, 15) is 9.59 Å². The highest BCUT2D eigenvalue weighted by Crippen LogP contribution is 2.21. The van der Waals surface area contributed by atoms with E-state index in [0.717, 1.165) is 51.9 Å². The molecule has 5 heteroatoms. The van der Waals surface area contributed by atoms with Crippen molar-refractivity contribution >= 4 is 11.8 Å². The lowest BCUT2D eigenvalue weighted by atomic mass is 9.94. The van der Waals surface area contributed by atoms with Gasteiger partial charge in [0.25, 0.3) is 0 Å². The zero-order valence-electron chi connectivity index (χ0n) is 14.1. The second-order valence-electron chi connectivity index (χ2n) is 6.78. The minimum Gasteiger partial charge on any atom is -0.343 e. The van der Waals surface area contributed by atoms with Gasteiger partial charge in [-0.05, 0) is 51.4 Å². The van der Waals surface area contributed by atoms with Gasteiger partial charge in [-0.15, -0.1) is 0 Å². The van der Waals surface area contributed by atoms with Crippen LogP contribution in [0.15, 0.2) is 0 Å². The van der Waals surface area contributed by atoms with Gasteiger partial charge in [0.1, 0.15) is 0 Å². The molecule has 0 aromatic heterocycles. The fraction of sp³-hybridized carbons (Fsp3) is 0.833. The summed E-state index contributed by atoms with van der Waals surface area (Å²) in [5.74, 6) is 0.0147. The first kappa shape index (κ1) is 17.8. The Kier molecular flexibility index (Phi) is 7.38. The summed E-state index contributed by atoms with van der Waals surface area (Å²) in [6.07, 6.45) is 8.81. The molecule has 2 aliphatic rings. The molecule has 1 unspecified atom stereocenters. The van der Waals surface area contributed by atoms with Gasteiger partial charge in [-0.1, -0.05) is 0 Å². The highest BCUT2D eigenvalue weighted by molar-refractivity contribution is 5.86. The summed E-state index contributed by atoms with van der Waals surface area (Å²) in [5, 5.41) is 8.73. The highest BCUT2D eigenvalue weighted by atomic mass is 16.2. The Morgan fingerprint density at radius 1 is 0.913 bits per heavy atom. The molecule has 2 saturated heterocycles. The molecule has 0 aromatic carbocycles. The first-order valence-corrected chi connectivity index (χ1v) is 9.16. The summed E-state index contributed by atoms with van der Waals surface area (Å²) in [5.41, 5.74) is 0. The van der Waals surface area contributed by atoms with Crippen molar-refractivity contribution in [2.45, 2.75) is 64.2 Å². The molecule has 2 heterocycles. The maximum Gasteiger partial charge on any atom is 0.226 e. The number of hydrogen-bond acceptors (Lipinski definition) is 3. The molecule has 0 spiro atoms. The Labute approximate surface area is 139 Å². The van der Waals surface area contributed by atoms with E-state index in [1.165, 1.54) is 12.8 Å². The summed E-state index contributed by atoms with van der Waals surface area (Å²) in [6.45, 7) is 3.32. The molecular formula is C18H29N3O2. The van der Waals surface area contributed by atoms with Crippen molar-refractivity contribution in [2.24, 2.45) is 5.92 Å². The van der Waals surface area contributed by atoms with Crippen LogP contribution < -0.4 is 0 Å². The van der Waals surface area contributed by atoms with Gasteiger partial charge in [0.15, 0.2) is 0 Å². The smallest absolute Gasteiger partial charge is 0.226 e. The van der Waals surface area contributed by atoms with Crippen LogP contribution in [0.1, 0.15) is 64.2 Å². The fourth-order valence-electron chi connectivity index (χ4n) is 3.60. The fourth-order valence-corrected chi connectivity index (χ4v) is 3.60. The number of carbonyl (C=O) groups excluding carboxylic acids is 2. The van der Waals surface area contributed by atoms with Crippen molar-refractivity contribution in [1.29, 1.82) is 5.26 Å². The van der Waals surface area contributed by atoms with Gasteiger partial charge in [0.2, 0.25) is 11.8 Å². The third kappa shape index (κ3) is 5.53. The molecule has 0 aliphatic carbocycles. The number of nitriles is 1. The quantitative estimate of drug-likeness (QED) is 0.707. The van der Waals surface area contributed by atoms with Gasteiger partial charge in [0, 0.05) is 44.9 Å². The van der Waals surface area contributed by atoms with Crippen LogP contribution >= 0.6 is 0 Å². The van der Waals surface area contributed by atoms with E-state index in [1.807, 2.05) is 9.80 Å². The first-order valence-electron chi connectivity index (χ1n) is 9.16. The minimum absolute atomic E-state index is 0.122. The molecule has 2 fully saturated rings. The number of nitrogens with zero attached hydrogens (tertiary/aromatic N) is 3. The summed E-state index contributed by atoms with van der Waals surface area (Å²) < 4.78 is 0. The molecule has 23 heavy (non-hydrogen) atoms. The number of rotatable bonds is 6. The normalized spacial score (nSPS) is 20.0. The van der Waals surface area contributed by atoms with E-state index >= 15 is 0 Å². The van der Waals surface area contributed by atoms with Crippen molar-refractivity contribution in [3.63, 3.8) is 0 Å². The summed E-state index contributed by atoms with van der Waals surface area (Å²) in [7, 11) is 0. The van der Waals surface area contributed by atoms with Gasteiger partial charge in [-0.3, -0.25) is 9.59 Å². The minimum atomic E-state index is -0.240. The lowest BCUT2D eigenvalue weighted by Gasteiger charge is -2.32. The number of hydrogen-bond donors (Lipinski definition) is 0. The molecule has 0 saturated carbocycles.